The molecule has 0 saturated carbocycles. The van der Waals surface area contributed by atoms with Crippen molar-refractivity contribution in [1.82, 2.24) is 9.88 Å². The number of hydrogen-bond acceptors (Lipinski definition) is 1. The van der Waals surface area contributed by atoms with Crippen LogP contribution >= 0.6 is 23.2 Å². The molecular weight excluding hydrogens is 411 g/mol. The van der Waals surface area contributed by atoms with Crippen LogP contribution in [0.5, 0.6) is 0 Å². The van der Waals surface area contributed by atoms with Gasteiger partial charge in [-0.3, -0.25) is 0 Å². The van der Waals surface area contributed by atoms with Crippen LogP contribution in [-0.4, -0.2) is 4.57 Å². The van der Waals surface area contributed by atoms with E-state index in [4.69, 9.17) is 23.2 Å². The normalized spacial score (nSPS) is 12.4. The second-order valence-electron chi connectivity index (χ2n) is 7.68. The van der Waals surface area contributed by atoms with Crippen LogP contribution in [0.3, 0.4) is 0 Å². The molecule has 1 atom stereocenters. The molecule has 0 radical (unpaired) electrons. The van der Waals surface area contributed by atoms with E-state index in [0.29, 0.717) is 16.1 Å². The number of nitrogens with one attached hydrogen (secondary N) is 1. The highest BCUT2D eigenvalue weighted by atomic mass is 35.5. The summed E-state index contributed by atoms with van der Waals surface area (Å²) in [7, 11) is 0. The Hall–Kier alpha value is -2.26. The molecule has 1 heterocycles. The Bertz CT molecular complexity index is 1120. The zero-order valence-electron chi connectivity index (χ0n) is 17.1. The van der Waals surface area contributed by atoms with Crippen molar-refractivity contribution in [2.75, 3.05) is 0 Å². The Morgan fingerprint density at radius 2 is 1.67 bits per heavy atom. The first-order valence-electron chi connectivity index (χ1n) is 10.4. The van der Waals surface area contributed by atoms with Crippen molar-refractivity contribution in [2.45, 2.75) is 38.9 Å². The lowest BCUT2D eigenvalue weighted by atomic mass is 10.0. The van der Waals surface area contributed by atoms with E-state index < -0.39 is 0 Å². The number of benzene rings is 3. The summed E-state index contributed by atoms with van der Waals surface area (Å²) in [4.78, 5) is 0. The number of aromatic nitrogens is 1. The number of fused-ring (bicyclic) bond motifs is 1. The highest BCUT2D eigenvalue weighted by Crippen LogP contribution is 2.27. The molecule has 0 fully saturated rings. The Balaban J connectivity index is 1.59. The molecule has 0 saturated heterocycles. The van der Waals surface area contributed by atoms with Crippen LogP contribution in [0.15, 0.2) is 79.0 Å². The zero-order valence-corrected chi connectivity index (χ0v) is 18.6. The predicted molar refractivity (Wildman–Crippen MR) is 128 cm³/mol. The van der Waals surface area contributed by atoms with Crippen LogP contribution < -0.4 is 5.32 Å². The molecule has 0 spiro atoms. The minimum Gasteiger partial charge on any atom is -0.343 e. The van der Waals surface area contributed by atoms with Gasteiger partial charge in [0.1, 0.15) is 0 Å². The van der Waals surface area contributed by atoms with Crippen molar-refractivity contribution in [3.8, 4) is 0 Å². The van der Waals surface area contributed by atoms with Gasteiger partial charge in [0.2, 0.25) is 0 Å². The van der Waals surface area contributed by atoms with E-state index in [1.807, 2.05) is 18.2 Å². The molecular formula is C26H26Cl2N2. The summed E-state index contributed by atoms with van der Waals surface area (Å²) < 4.78 is 2.29. The van der Waals surface area contributed by atoms with E-state index in [0.717, 1.165) is 31.5 Å². The number of rotatable bonds is 8. The third-order valence-corrected chi connectivity index (χ3v) is 6.27. The standard InChI is InChI=1S/C26H26Cl2N2/c1-2-8-25(20-9-4-3-5-10-20)29-16-21-18-30(26-12-7-6-11-22(21)26)17-19-13-14-23(27)24(28)15-19/h3-7,9-15,18,25,29H,2,8,16-17H2,1H3/t25-/m1/s1. The van der Waals surface area contributed by atoms with Gasteiger partial charge < -0.3 is 9.88 Å². The monoisotopic (exact) mass is 436 g/mol. The molecule has 0 aliphatic carbocycles. The maximum Gasteiger partial charge on any atom is 0.0595 e. The molecule has 4 aromatic rings. The van der Waals surface area contributed by atoms with E-state index in [-0.39, 0.29) is 0 Å². The third-order valence-electron chi connectivity index (χ3n) is 5.53. The first-order valence-corrected chi connectivity index (χ1v) is 11.2. The second kappa shape index (κ2) is 9.70. The zero-order chi connectivity index (χ0) is 20.9. The molecule has 0 unspecified atom stereocenters. The molecule has 1 aromatic heterocycles. The molecule has 4 rings (SSSR count). The summed E-state index contributed by atoms with van der Waals surface area (Å²) in [5.41, 5.74) is 5.02. The van der Waals surface area contributed by atoms with E-state index in [1.54, 1.807) is 0 Å². The van der Waals surface area contributed by atoms with E-state index in [9.17, 15) is 0 Å². The Labute approximate surface area is 188 Å². The fourth-order valence-electron chi connectivity index (χ4n) is 4.02. The average Bonchev–Trinajstić information content (AvgIpc) is 3.12. The predicted octanol–water partition coefficient (Wildman–Crippen LogP) is 7.63. The molecule has 0 aliphatic rings. The third kappa shape index (κ3) is 4.73. The lowest BCUT2D eigenvalue weighted by Gasteiger charge is -2.18. The Morgan fingerprint density at radius 3 is 2.43 bits per heavy atom. The number of para-hydroxylation sites is 1. The quantitative estimate of drug-likeness (QED) is 0.300. The van der Waals surface area contributed by atoms with Gasteiger partial charge in [-0.2, -0.15) is 0 Å². The first kappa shape index (κ1) is 21.0. The van der Waals surface area contributed by atoms with Gasteiger partial charge in [-0.05, 0) is 41.3 Å². The van der Waals surface area contributed by atoms with Crippen molar-refractivity contribution < 1.29 is 0 Å². The fourth-order valence-corrected chi connectivity index (χ4v) is 4.34. The summed E-state index contributed by atoms with van der Waals surface area (Å²) in [6.45, 7) is 3.82. The largest absolute Gasteiger partial charge is 0.343 e. The molecule has 154 valence electrons. The number of hydrogen-bond donors (Lipinski definition) is 1. The van der Waals surface area contributed by atoms with E-state index in [1.165, 1.54) is 22.0 Å². The van der Waals surface area contributed by atoms with Crippen molar-refractivity contribution in [1.29, 1.82) is 0 Å². The van der Waals surface area contributed by atoms with Gasteiger partial charge >= 0.3 is 0 Å². The van der Waals surface area contributed by atoms with Crippen molar-refractivity contribution in [3.63, 3.8) is 0 Å². The first-order chi connectivity index (χ1) is 14.7. The van der Waals surface area contributed by atoms with Crippen LogP contribution in [0.4, 0.5) is 0 Å². The van der Waals surface area contributed by atoms with Crippen molar-refractivity contribution in [3.05, 3.63) is 106 Å². The topological polar surface area (TPSA) is 17.0 Å². The second-order valence-corrected chi connectivity index (χ2v) is 8.50. The van der Waals surface area contributed by atoms with Crippen LogP contribution in [0.2, 0.25) is 10.0 Å². The minimum absolute atomic E-state index is 0.355. The Kier molecular flexibility index (Phi) is 6.79. The van der Waals surface area contributed by atoms with Crippen LogP contribution in [0, 0.1) is 0 Å². The SMILES string of the molecule is CCC[C@@H](NCc1cn(Cc2ccc(Cl)c(Cl)c2)c2ccccc12)c1ccccc1. The maximum absolute atomic E-state index is 6.22. The van der Waals surface area contributed by atoms with E-state index in [2.05, 4.69) is 77.6 Å². The molecule has 0 bridgehead atoms. The van der Waals surface area contributed by atoms with Gasteiger partial charge in [-0.15, -0.1) is 0 Å². The summed E-state index contributed by atoms with van der Waals surface area (Å²) in [5.74, 6) is 0. The molecule has 1 N–H and O–H groups in total. The smallest absolute Gasteiger partial charge is 0.0595 e. The van der Waals surface area contributed by atoms with Crippen molar-refractivity contribution in [2.24, 2.45) is 0 Å². The van der Waals surface area contributed by atoms with Gasteiger partial charge in [0.15, 0.2) is 0 Å². The van der Waals surface area contributed by atoms with Crippen LogP contribution in [0.1, 0.15) is 42.5 Å². The van der Waals surface area contributed by atoms with Gasteiger partial charge in [0, 0.05) is 36.2 Å². The highest BCUT2D eigenvalue weighted by Gasteiger charge is 2.13. The molecule has 2 nitrogen and oxygen atoms in total. The van der Waals surface area contributed by atoms with E-state index >= 15 is 0 Å². The lowest BCUT2D eigenvalue weighted by Crippen LogP contribution is -2.20. The van der Waals surface area contributed by atoms with Gasteiger partial charge in [0.05, 0.1) is 10.0 Å². The molecule has 0 aliphatic heterocycles. The van der Waals surface area contributed by atoms with Crippen LogP contribution in [-0.2, 0) is 13.1 Å². The summed E-state index contributed by atoms with van der Waals surface area (Å²) >= 11 is 12.3. The molecule has 4 heteroatoms. The van der Waals surface area contributed by atoms with Gasteiger partial charge in [0.25, 0.3) is 0 Å². The highest BCUT2D eigenvalue weighted by molar-refractivity contribution is 6.42. The minimum atomic E-state index is 0.355. The van der Waals surface area contributed by atoms with Gasteiger partial charge in [-0.25, -0.2) is 0 Å². The molecule has 30 heavy (non-hydrogen) atoms. The fraction of sp³-hybridized carbons (Fsp3) is 0.231. The maximum atomic E-state index is 6.22. The average molecular weight is 437 g/mol. The summed E-state index contributed by atoms with van der Waals surface area (Å²) in [6.07, 6.45) is 4.52. The van der Waals surface area contributed by atoms with Gasteiger partial charge in [-0.1, -0.05) is 91.1 Å². The van der Waals surface area contributed by atoms with Crippen LogP contribution in [0.25, 0.3) is 10.9 Å². The van der Waals surface area contributed by atoms with Crippen molar-refractivity contribution >= 4 is 34.1 Å². The Morgan fingerprint density at radius 1 is 0.900 bits per heavy atom. The number of nitrogens with zero attached hydrogens (tertiary/aromatic N) is 1. The lowest BCUT2D eigenvalue weighted by molar-refractivity contribution is 0.494. The molecule has 3 aromatic carbocycles. The molecule has 0 amide bonds. The summed E-state index contributed by atoms with van der Waals surface area (Å²) in [5, 5.41) is 6.26. The summed E-state index contributed by atoms with van der Waals surface area (Å²) in [6, 6.07) is 25.5. The number of halogens is 2.